The van der Waals surface area contributed by atoms with E-state index in [1.54, 1.807) is 6.20 Å². The maximum absolute atomic E-state index is 12.9. The minimum atomic E-state index is -4.36. The number of halogens is 3. The summed E-state index contributed by atoms with van der Waals surface area (Å²) < 4.78 is 63.6. The molecule has 0 aliphatic carbocycles. The Morgan fingerprint density at radius 2 is 1.81 bits per heavy atom. The Morgan fingerprint density at radius 1 is 1.16 bits per heavy atom. The highest BCUT2D eigenvalue weighted by Gasteiger charge is 2.35. The van der Waals surface area contributed by atoms with Gasteiger partial charge < -0.3 is 5.32 Å². The fraction of sp³-hybridized carbons (Fsp3) is 0.538. The largest absolute Gasteiger partial charge is 0.416 e. The van der Waals surface area contributed by atoms with Crippen LogP contribution in [0.25, 0.3) is 0 Å². The van der Waals surface area contributed by atoms with Gasteiger partial charge >= 0.3 is 6.18 Å². The van der Waals surface area contributed by atoms with E-state index >= 15 is 0 Å². The molecule has 1 N–H and O–H groups in total. The Kier molecular flexibility index (Phi) is 7.96. The smallest absolute Gasteiger partial charge is 0.352 e. The third-order valence-corrected chi connectivity index (χ3v) is 8.51. The van der Waals surface area contributed by atoms with E-state index in [0.717, 1.165) is 29.0 Å². The first kappa shape index (κ1) is 27.5. The molecular weight excluding hydrogens is 505 g/mol. The Labute approximate surface area is 216 Å². The first-order chi connectivity index (χ1) is 17.3. The summed E-state index contributed by atoms with van der Waals surface area (Å²) in [5.41, 5.74) is 2.42. The zero-order valence-corrected chi connectivity index (χ0v) is 22.1. The molecule has 3 heterocycles. The Balaban J connectivity index is 1.39. The highest BCUT2D eigenvalue weighted by Crippen LogP contribution is 2.39. The number of amides is 1. The number of nitrogens with zero attached hydrogens (tertiary/aromatic N) is 3. The molecule has 2 aliphatic heterocycles. The van der Waals surface area contributed by atoms with Crippen LogP contribution < -0.4 is 5.32 Å². The Hall–Kier alpha value is -2.50. The van der Waals surface area contributed by atoms with Crippen molar-refractivity contribution >= 4 is 15.9 Å². The Bertz CT molecular complexity index is 1220. The van der Waals surface area contributed by atoms with Gasteiger partial charge in [-0.3, -0.25) is 14.7 Å². The van der Waals surface area contributed by atoms with Gasteiger partial charge in [-0.2, -0.15) is 13.2 Å². The lowest BCUT2D eigenvalue weighted by Gasteiger charge is -2.30. The minimum absolute atomic E-state index is 0.00515. The van der Waals surface area contributed by atoms with Crippen molar-refractivity contribution in [1.29, 1.82) is 0 Å². The molecule has 1 aromatic heterocycles. The van der Waals surface area contributed by atoms with Crippen molar-refractivity contribution in [2.24, 2.45) is 11.8 Å². The van der Waals surface area contributed by atoms with E-state index in [9.17, 15) is 26.4 Å². The van der Waals surface area contributed by atoms with Gasteiger partial charge in [0.25, 0.3) is 5.91 Å². The summed E-state index contributed by atoms with van der Waals surface area (Å²) in [6.45, 7) is 6.59. The van der Waals surface area contributed by atoms with Crippen LogP contribution >= 0.6 is 0 Å². The van der Waals surface area contributed by atoms with Crippen LogP contribution in [0.3, 0.4) is 0 Å². The number of benzene rings is 1. The average Bonchev–Trinajstić information content (AvgIpc) is 3.19. The molecule has 1 saturated heterocycles. The van der Waals surface area contributed by atoms with E-state index in [1.165, 1.54) is 22.7 Å². The normalized spacial score (nSPS) is 19.8. The van der Waals surface area contributed by atoms with Crippen molar-refractivity contribution in [1.82, 2.24) is 19.5 Å². The molecule has 2 aromatic rings. The van der Waals surface area contributed by atoms with Gasteiger partial charge in [-0.05, 0) is 54.0 Å². The number of sulfonamides is 1. The van der Waals surface area contributed by atoms with Crippen molar-refractivity contribution in [3.05, 3.63) is 64.5 Å². The van der Waals surface area contributed by atoms with Crippen LogP contribution in [0.2, 0.25) is 0 Å². The van der Waals surface area contributed by atoms with Crippen LogP contribution in [0.5, 0.6) is 0 Å². The van der Waals surface area contributed by atoms with Crippen LogP contribution in [0.4, 0.5) is 13.2 Å². The molecule has 0 unspecified atom stereocenters. The number of aromatic nitrogens is 1. The van der Waals surface area contributed by atoms with Crippen molar-refractivity contribution in [2.45, 2.75) is 52.0 Å². The van der Waals surface area contributed by atoms with Crippen molar-refractivity contribution < 1.29 is 26.4 Å². The molecule has 4 rings (SSSR count). The van der Waals surface area contributed by atoms with E-state index in [2.05, 4.69) is 29.0 Å². The van der Waals surface area contributed by atoms with E-state index in [-0.39, 0.29) is 23.8 Å². The summed E-state index contributed by atoms with van der Waals surface area (Å²) in [5, 5.41) is 2.96. The minimum Gasteiger partial charge on any atom is -0.352 e. The predicted molar refractivity (Wildman–Crippen MR) is 134 cm³/mol. The lowest BCUT2D eigenvalue weighted by molar-refractivity contribution is -0.137. The molecule has 7 nitrogen and oxygen atoms in total. The van der Waals surface area contributed by atoms with Gasteiger partial charge in [-0.15, -0.1) is 0 Å². The van der Waals surface area contributed by atoms with Crippen LogP contribution in [-0.4, -0.2) is 54.4 Å². The van der Waals surface area contributed by atoms with Crippen molar-refractivity contribution in [2.75, 3.05) is 25.9 Å². The maximum atomic E-state index is 12.9. The van der Waals surface area contributed by atoms with Crippen LogP contribution in [0.15, 0.2) is 36.5 Å². The highest BCUT2D eigenvalue weighted by atomic mass is 32.2. The SMILES string of the molecule is CC(C)[C@H]1c2ncc(C(=O)NCC3CCN(S(C)(=O)=O)CC3)cc2CN1Cc1ccc(C(F)(F)F)cc1. The first-order valence-corrected chi connectivity index (χ1v) is 14.3. The van der Waals surface area contributed by atoms with Gasteiger partial charge in [0.1, 0.15) is 0 Å². The molecule has 1 fully saturated rings. The molecular formula is C26H33F3N4O3S. The van der Waals surface area contributed by atoms with Gasteiger partial charge in [0.15, 0.2) is 0 Å². The number of alkyl halides is 3. The van der Waals surface area contributed by atoms with Gasteiger partial charge in [-0.25, -0.2) is 12.7 Å². The van der Waals surface area contributed by atoms with E-state index in [1.807, 2.05) is 6.07 Å². The molecule has 0 bridgehead atoms. The second-order valence-electron chi connectivity index (χ2n) is 10.4. The summed E-state index contributed by atoms with van der Waals surface area (Å²) >= 11 is 0. The number of hydrogen-bond donors (Lipinski definition) is 1. The topological polar surface area (TPSA) is 82.6 Å². The number of piperidine rings is 1. The number of nitrogens with one attached hydrogen (secondary N) is 1. The van der Waals surface area contributed by atoms with E-state index in [0.29, 0.717) is 51.1 Å². The van der Waals surface area contributed by atoms with E-state index < -0.39 is 21.8 Å². The van der Waals surface area contributed by atoms with Crippen molar-refractivity contribution in [3.8, 4) is 0 Å². The van der Waals surface area contributed by atoms with Crippen LogP contribution in [-0.2, 0) is 29.3 Å². The summed E-state index contributed by atoms with van der Waals surface area (Å²) in [6, 6.07) is 7.08. The average molecular weight is 539 g/mol. The van der Waals surface area contributed by atoms with Gasteiger partial charge in [-0.1, -0.05) is 26.0 Å². The zero-order valence-electron chi connectivity index (χ0n) is 21.3. The molecule has 1 aromatic carbocycles. The molecule has 0 spiro atoms. The maximum Gasteiger partial charge on any atom is 0.416 e. The molecule has 1 amide bonds. The molecule has 202 valence electrons. The molecule has 2 aliphatic rings. The number of carbonyl (C=O) groups excluding carboxylic acids is 1. The monoisotopic (exact) mass is 538 g/mol. The molecule has 37 heavy (non-hydrogen) atoms. The number of rotatable bonds is 7. The summed E-state index contributed by atoms with van der Waals surface area (Å²) in [7, 11) is -3.18. The highest BCUT2D eigenvalue weighted by molar-refractivity contribution is 7.88. The number of carbonyl (C=O) groups is 1. The molecule has 1 atom stereocenters. The summed E-state index contributed by atoms with van der Waals surface area (Å²) in [6.07, 6.45) is -0.172. The van der Waals surface area contributed by atoms with E-state index in [4.69, 9.17) is 0 Å². The summed E-state index contributed by atoms with van der Waals surface area (Å²) in [5.74, 6) is 0.220. The third kappa shape index (κ3) is 6.50. The van der Waals surface area contributed by atoms with Crippen LogP contribution in [0, 0.1) is 11.8 Å². The molecule has 0 radical (unpaired) electrons. The number of pyridine rings is 1. The Morgan fingerprint density at radius 3 is 2.38 bits per heavy atom. The second-order valence-corrected chi connectivity index (χ2v) is 12.4. The molecule has 0 saturated carbocycles. The quantitative estimate of drug-likeness (QED) is 0.571. The third-order valence-electron chi connectivity index (χ3n) is 7.20. The van der Waals surface area contributed by atoms with Gasteiger partial charge in [0, 0.05) is 38.9 Å². The van der Waals surface area contributed by atoms with Crippen LogP contribution in [0.1, 0.15) is 65.5 Å². The van der Waals surface area contributed by atoms with Crippen molar-refractivity contribution in [3.63, 3.8) is 0 Å². The standard InChI is InChI=1S/C26H33F3N4O3S/c1-17(2)24-23-21(16-32(24)15-19-4-6-22(7-5-19)26(27,28)29)12-20(14-30-23)25(34)31-13-18-8-10-33(11-9-18)37(3,35)36/h4-7,12,14,17-18,24H,8-11,13,15-16H2,1-3H3,(H,31,34)/t24-/m0/s1. The lowest BCUT2D eigenvalue weighted by atomic mass is 9.98. The predicted octanol–water partition coefficient (Wildman–Crippen LogP) is 4.21. The lowest BCUT2D eigenvalue weighted by Crippen LogP contribution is -2.41. The second kappa shape index (κ2) is 10.7. The number of fused-ring (bicyclic) bond motifs is 1. The fourth-order valence-electron chi connectivity index (χ4n) is 5.24. The number of hydrogen-bond acceptors (Lipinski definition) is 5. The summed E-state index contributed by atoms with van der Waals surface area (Å²) in [4.78, 5) is 19.7. The fourth-order valence-corrected chi connectivity index (χ4v) is 6.11. The first-order valence-electron chi connectivity index (χ1n) is 12.4. The molecule has 11 heteroatoms. The van der Waals surface area contributed by atoms with Gasteiger partial charge in [0.05, 0.1) is 29.1 Å². The zero-order chi connectivity index (χ0) is 27.0. The van der Waals surface area contributed by atoms with Gasteiger partial charge in [0.2, 0.25) is 10.0 Å².